The normalized spacial score (nSPS) is 42.7. The Morgan fingerprint density at radius 3 is 1.78 bits per heavy atom. The van der Waals surface area contributed by atoms with Crippen molar-refractivity contribution >= 4 is 81.4 Å². The van der Waals surface area contributed by atoms with Gasteiger partial charge in [-0.15, -0.1) is 23.2 Å². The monoisotopic (exact) mass is 439 g/mol. The van der Waals surface area contributed by atoms with Crippen molar-refractivity contribution in [2.75, 3.05) is 0 Å². The zero-order valence-electron chi connectivity index (χ0n) is 11.9. The van der Waals surface area contributed by atoms with E-state index in [1.54, 1.807) is 6.92 Å². The molecule has 0 aromatic rings. The quantitative estimate of drug-likeness (QED) is 0.488. The summed E-state index contributed by atoms with van der Waals surface area (Å²) in [4.78, 5) is 27.3. The number of hydroxylamine groups is 2. The lowest BCUT2D eigenvalue weighted by molar-refractivity contribution is -0.203. The molecule has 3 rings (SSSR count). The van der Waals surface area contributed by atoms with Gasteiger partial charge in [0.1, 0.15) is 9.75 Å². The fraction of sp³-hybridized carbons (Fsp3) is 0.692. The summed E-state index contributed by atoms with van der Waals surface area (Å²) in [6.45, 7) is 3.58. The van der Waals surface area contributed by atoms with E-state index in [-0.39, 0.29) is 16.2 Å². The van der Waals surface area contributed by atoms with Crippen LogP contribution in [-0.2, 0) is 14.4 Å². The highest BCUT2D eigenvalue weighted by atomic mass is 35.5. The predicted octanol–water partition coefficient (Wildman–Crippen LogP) is 4.16. The molecule has 0 radical (unpaired) electrons. The first-order chi connectivity index (χ1) is 10.5. The van der Waals surface area contributed by atoms with E-state index in [4.69, 9.17) is 74.4 Å². The van der Waals surface area contributed by atoms with Crippen LogP contribution in [-0.4, -0.2) is 37.1 Å². The number of hydrogen-bond donors (Lipinski definition) is 0. The van der Waals surface area contributed by atoms with Gasteiger partial charge in [-0.3, -0.25) is 14.4 Å². The third-order valence-electron chi connectivity index (χ3n) is 4.73. The molecule has 128 valence electrons. The van der Waals surface area contributed by atoms with Crippen molar-refractivity contribution in [3.05, 3.63) is 10.1 Å². The molecule has 2 fully saturated rings. The van der Waals surface area contributed by atoms with Crippen LogP contribution in [0.25, 0.3) is 0 Å². The second kappa shape index (κ2) is 5.29. The van der Waals surface area contributed by atoms with Gasteiger partial charge in [-0.1, -0.05) is 53.3 Å². The van der Waals surface area contributed by atoms with E-state index in [0.717, 1.165) is 0 Å². The SMILES string of the molecule is CC[C@@H](C)ON1C(=O)[C@@H]2[C@@H](C1=O)[C@]1(Cl)C(Cl)=C(Cl)[C@]2(Cl)C1(Cl)Cl. The molecule has 5 atom stereocenters. The van der Waals surface area contributed by atoms with Crippen molar-refractivity contribution < 1.29 is 14.4 Å². The molecule has 0 unspecified atom stereocenters. The Labute approximate surface area is 162 Å². The maximum absolute atomic E-state index is 12.7. The van der Waals surface area contributed by atoms with Crippen molar-refractivity contribution in [1.82, 2.24) is 5.06 Å². The predicted molar refractivity (Wildman–Crippen MR) is 90.0 cm³/mol. The van der Waals surface area contributed by atoms with Gasteiger partial charge < -0.3 is 0 Å². The topological polar surface area (TPSA) is 46.6 Å². The van der Waals surface area contributed by atoms with Crippen LogP contribution < -0.4 is 0 Å². The van der Waals surface area contributed by atoms with Crippen LogP contribution in [0.5, 0.6) is 0 Å². The largest absolute Gasteiger partial charge is 0.272 e. The standard InChI is InChI=1S/C13H11Cl6NO3/c1-3-4(2)23-20-9(21)5-6(10(20)22)12(17)8(15)7(14)11(5,16)13(12,18)19/h4-6H,3H2,1-2H3/t4-,5+,6+,11+,12+/m1/s1. The van der Waals surface area contributed by atoms with Gasteiger partial charge in [-0.05, 0) is 13.3 Å². The molecule has 10 heteroatoms. The zero-order valence-corrected chi connectivity index (χ0v) is 16.4. The van der Waals surface area contributed by atoms with E-state index in [2.05, 4.69) is 0 Å². The summed E-state index contributed by atoms with van der Waals surface area (Å²) in [5, 5.41) is 0.447. The highest BCUT2D eigenvalue weighted by Gasteiger charge is 2.87. The van der Waals surface area contributed by atoms with E-state index >= 15 is 0 Å². The van der Waals surface area contributed by atoms with Gasteiger partial charge in [-0.2, -0.15) is 5.06 Å². The fourth-order valence-electron chi connectivity index (χ4n) is 3.33. The molecule has 2 aliphatic carbocycles. The Balaban J connectivity index is 2.13. The number of alkyl halides is 4. The number of carbonyl (C=O) groups is 2. The molecule has 2 bridgehead atoms. The summed E-state index contributed by atoms with van der Waals surface area (Å²) < 4.78 is -1.92. The van der Waals surface area contributed by atoms with Crippen LogP contribution >= 0.6 is 69.6 Å². The van der Waals surface area contributed by atoms with E-state index in [9.17, 15) is 9.59 Å². The average molecular weight is 442 g/mol. The van der Waals surface area contributed by atoms with Gasteiger partial charge in [0, 0.05) is 0 Å². The first-order valence-corrected chi connectivity index (χ1v) is 9.11. The van der Waals surface area contributed by atoms with Crippen molar-refractivity contribution in [3.63, 3.8) is 0 Å². The number of amides is 2. The summed E-state index contributed by atoms with van der Waals surface area (Å²) >= 11 is 38.1. The van der Waals surface area contributed by atoms with Crippen LogP contribution in [0, 0.1) is 11.8 Å². The van der Waals surface area contributed by atoms with Gasteiger partial charge in [0.2, 0.25) is 0 Å². The van der Waals surface area contributed by atoms with E-state index < -0.39 is 37.7 Å². The second-order valence-corrected chi connectivity index (χ2v) is 9.15. The van der Waals surface area contributed by atoms with Gasteiger partial charge in [-0.25, -0.2) is 0 Å². The van der Waals surface area contributed by atoms with Crippen LogP contribution in [0.3, 0.4) is 0 Å². The number of fused-ring (bicyclic) bond motifs is 5. The summed E-state index contributed by atoms with van der Waals surface area (Å²) in [5.74, 6) is -3.65. The minimum atomic E-state index is -1.92. The van der Waals surface area contributed by atoms with E-state index in [1.807, 2.05) is 6.92 Å². The minimum absolute atomic E-state index is 0.117. The number of halogens is 6. The van der Waals surface area contributed by atoms with Gasteiger partial charge in [0.15, 0.2) is 4.33 Å². The number of allylic oxidation sites excluding steroid dienone is 2. The van der Waals surface area contributed by atoms with Gasteiger partial charge in [0.25, 0.3) is 11.8 Å². The second-order valence-electron chi connectivity index (χ2n) is 5.88. The molecular formula is C13H11Cl6NO3. The zero-order chi connectivity index (χ0) is 17.5. The van der Waals surface area contributed by atoms with E-state index in [0.29, 0.717) is 11.5 Å². The minimum Gasteiger partial charge on any atom is -0.272 e. The number of nitrogens with zero attached hydrogens (tertiary/aromatic N) is 1. The molecule has 1 aliphatic heterocycles. The molecule has 23 heavy (non-hydrogen) atoms. The van der Waals surface area contributed by atoms with Crippen molar-refractivity contribution in [2.24, 2.45) is 11.8 Å². The van der Waals surface area contributed by atoms with Crippen LogP contribution in [0.4, 0.5) is 0 Å². The van der Waals surface area contributed by atoms with Crippen molar-refractivity contribution in [3.8, 4) is 0 Å². The molecule has 1 heterocycles. The number of carbonyl (C=O) groups excluding carboxylic acids is 2. The number of imide groups is 1. The van der Waals surface area contributed by atoms with Crippen molar-refractivity contribution in [2.45, 2.75) is 40.5 Å². The first kappa shape index (κ1) is 18.4. The lowest BCUT2D eigenvalue weighted by atomic mass is 9.84. The van der Waals surface area contributed by atoms with Crippen LogP contribution in [0.1, 0.15) is 20.3 Å². The molecule has 0 spiro atoms. The smallest absolute Gasteiger partial charge is 0.259 e. The summed E-state index contributed by atoms with van der Waals surface area (Å²) in [7, 11) is 0. The molecule has 2 amide bonds. The third-order valence-corrected chi connectivity index (χ3v) is 8.99. The molecule has 0 aromatic carbocycles. The molecule has 1 saturated heterocycles. The summed E-state index contributed by atoms with van der Waals surface area (Å²) in [6, 6.07) is 0. The van der Waals surface area contributed by atoms with Gasteiger partial charge >= 0.3 is 0 Å². The third kappa shape index (κ3) is 1.82. The molecule has 1 saturated carbocycles. The Bertz CT molecular complexity index is 606. The highest BCUT2D eigenvalue weighted by Crippen LogP contribution is 2.77. The fourth-order valence-corrected chi connectivity index (χ4v) is 6.26. The lowest BCUT2D eigenvalue weighted by Gasteiger charge is -2.34. The Hall–Kier alpha value is 0.580. The molecule has 0 N–H and O–H groups in total. The maximum Gasteiger partial charge on any atom is 0.259 e. The van der Waals surface area contributed by atoms with Crippen LogP contribution in [0.15, 0.2) is 10.1 Å². The highest BCUT2D eigenvalue weighted by molar-refractivity contribution is 6.66. The molecule has 0 aromatic heterocycles. The van der Waals surface area contributed by atoms with Gasteiger partial charge in [0.05, 0.1) is 28.0 Å². The molecule has 4 nitrogen and oxygen atoms in total. The average Bonchev–Trinajstić information content (AvgIpc) is 2.86. The maximum atomic E-state index is 12.7. The van der Waals surface area contributed by atoms with E-state index in [1.165, 1.54) is 0 Å². The molecular weight excluding hydrogens is 431 g/mol. The Morgan fingerprint density at radius 1 is 1.04 bits per heavy atom. The summed E-state index contributed by atoms with van der Waals surface area (Å²) in [5.41, 5.74) is 0. The Morgan fingerprint density at radius 2 is 1.43 bits per heavy atom. The number of rotatable bonds is 3. The Kier molecular flexibility index (Phi) is 4.23. The van der Waals surface area contributed by atoms with Crippen LogP contribution in [0.2, 0.25) is 0 Å². The first-order valence-electron chi connectivity index (χ1n) is 6.84. The lowest BCUT2D eigenvalue weighted by Crippen LogP contribution is -2.50. The van der Waals surface area contributed by atoms with Crippen molar-refractivity contribution in [1.29, 1.82) is 0 Å². The number of hydrogen-bond acceptors (Lipinski definition) is 3. The summed E-state index contributed by atoms with van der Waals surface area (Å²) in [6.07, 6.45) is 0.242. The molecule has 3 aliphatic rings.